The number of aromatic nitrogens is 2. The lowest BCUT2D eigenvalue weighted by Crippen LogP contribution is -2.25. The van der Waals surface area contributed by atoms with Gasteiger partial charge in [0, 0.05) is 18.7 Å². The zero-order valence-electron chi connectivity index (χ0n) is 16.2. The third-order valence-electron chi connectivity index (χ3n) is 4.85. The molecule has 0 aliphatic carbocycles. The SMILES string of the molecule is CC(=O)c1ccc(OCC(=O)Nc2nc3ccccc3nc2N2CCCC2)cc1. The van der Waals surface area contributed by atoms with Crippen LogP contribution in [0.1, 0.15) is 30.1 Å². The van der Waals surface area contributed by atoms with Crippen LogP contribution in [0.3, 0.4) is 0 Å². The number of benzene rings is 2. The average Bonchev–Trinajstić information content (AvgIpc) is 3.27. The fourth-order valence-corrected chi connectivity index (χ4v) is 3.33. The van der Waals surface area contributed by atoms with Crippen LogP contribution in [-0.2, 0) is 4.79 Å². The summed E-state index contributed by atoms with van der Waals surface area (Å²) in [6, 6.07) is 14.3. The summed E-state index contributed by atoms with van der Waals surface area (Å²) in [4.78, 5) is 35.3. The van der Waals surface area contributed by atoms with E-state index in [2.05, 4.69) is 15.2 Å². The van der Waals surface area contributed by atoms with Crippen LogP contribution >= 0.6 is 0 Å². The third kappa shape index (κ3) is 4.34. The van der Waals surface area contributed by atoms with E-state index < -0.39 is 0 Å². The number of rotatable bonds is 6. The van der Waals surface area contributed by atoms with E-state index in [1.807, 2.05) is 24.3 Å². The number of ketones is 1. The van der Waals surface area contributed by atoms with Gasteiger partial charge in [-0.2, -0.15) is 0 Å². The number of ether oxygens (including phenoxy) is 1. The summed E-state index contributed by atoms with van der Waals surface area (Å²) in [5.41, 5.74) is 2.13. The Balaban J connectivity index is 1.49. The summed E-state index contributed by atoms with van der Waals surface area (Å²) in [5, 5.41) is 2.85. The molecular weight excluding hydrogens is 368 g/mol. The van der Waals surface area contributed by atoms with E-state index in [0.717, 1.165) is 37.0 Å². The van der Waals surface area contributed by atoms with E-state index in [9.17, 15) is 9.59 Å². The van der Waals surface area contributed by atoms with Crippen LogP contribution < -0.4 is 15.0 Å². The number of amides is 1. The van der Waals surface area contributed by atoms with Gasteiger partial charge in [0.2, 0.25) is 0 Å². The van der Waals surface area contributed by atoms with Gasteiger partial charge >= 0.3 is 0 Å². The molecule has 1 N–H and O–H groups in total. The summed E-state index contributed by atoms with van der Waals surface area (Å²) in [6.45, 7) is 3.14. The van der Waals surface area contributed by atoms with Crippen molar-refractivity contribution in [2.75, 3.05) is 29.9 Å². The minimum Gasteiger partial charge on any atom is -0.484 e. The first kappa shape index (κ1) is 18.9. The van der Waals surface area contributed by atoms with Gasteiger partial charge in [-0.25, -0.2) is 9.97 Å². The summed E-state index contributed by atoms with van der Waals surface area (Å²) in [5.74, 6) is 1.34. The second kappa shape index (κ2) is 8.26. The van der Waals surface area contributed by atoms with Crippen LogP contribution in [0.2, 0.25) is 0 Å². The lowest BCUT2D eigenvalue weighted by atomic mass is 10.1. The summed E-state index contributed by atoms with van der Waals surface area (Å²) >= 11 is 0. The largest absolute Gasteiger partial charge is 0.484 e. The molecule has 148 valence electrons. The molecule has 1 saturated heterocycles. The van der Waals surface area contributed by atoms with E-state index in [0.29, 0.717) is 22.9 Å². The molecule has 0 atom stereocenters. The molecule has 0 spiro atoms. The fraction of sp³-hybridized carbons (Fsp3) is 0.273. The van der Waals surface area contributed by atoms with E-state index in [-0.39, 0.29) is 18.3 Å². The van der Waals surface area contributed by atoms with Crippen molar-refractivity contribution in [2.45, 2.75) is 19.8 Å². The highest BCUT2D eigenvalue weighted by atomic mass is 16.5. The van der Waals surface area contributed by atoms with Gasteiger partial charge in [-0.3, -0.25) is 9.59 Å². The maximum Gasteiger partial charge on any atom is 0.263 e. The predicted octanol–water partition coefficient (Wildman–Crippen LogP) is 3.45. The van der Waals surface area contributed by atoms with Crippen molar-refractivity contribution in [2.24, 2.45) is 0 Å². The normalized spacial score (nSPS) is 13.5. The molecule has 2 aromatic carbocycles. The Labute approximate surface area is 168 Å². The minimum atomic E-state index is -0.314. The number of carbonyl (C=O) groups is 2. The van der Waals surface area contributed by atoms with E-state index in [4.69, 9.17) is 9.72 Å². The quantitative estimate of drug-likeness (QED) is 0.649. The maximum atomic E-state index is 12.5. The first-order valence-electron chi connectivity index (χ1n) is 9.65. The molecule has 1 aliphatic heterocycles. The Kier molecular flexibility index (Phi) is 5.37. The summed E-state index contributed by atoms with van der Waals surface area (Å²) in [6.07, 6.45) is 2.20. The predicted molar refractivity (Wildman–Crippen MR) is 112 cm³/mol. The monoisotopic (exact) mass is 390 g/mol. The maximum absolute atomic E-state index is 12.5. The van der Waals surface area contributed by atoms with E-state index in [1.54, 1.807) is 24.3 Å². The van der Waals surface area contributed by atoms with Crippen LogP contribution in [0.15, 0.2) is 48.5 Å². The van der Waals surface area contributed by atoms with Gasteiger partial charge in [-0.1, -0.05) is 12.1 Å². The first-order valence-corrected chi connectivity index (χ1v) is 9.65. The van der Waals surface area contributed by atoms with Crippen LogP contribution in [0.25, 0.3) is 11.0 Å². The van der Waals surface area contributed by atoms with Crippen molar-refractivity contribution in [3.05, 3.63) is 54.1 Å². The zero-order valence-corrected chi connectivity index (χ0v) is 16.2. The van der Waals surface area contributed by atoms with E-state index in [1.165, 1.54) is 6.92 Å². The van der Waals surface area contributed by atoms with Crippen molar-refractivity contribution in [1.29, 1.82) is 0 Å². The lowest BCUT2D eigenvalue weighted by molar-refractivity contribution is -0.118. The number of anilines is 2. The number of fused-ring (bicyclic) bond motifs is 1. The van der Waals surface area contributed by atoms with Crippen molar-refractivity contribution in [1.82, 2.24) is 9.97 Å². The number of nitrogens with zero attached hydrogens (tertiary/aromatic N) is 3. The zero-order chi connectivity index (χ0) is 20.2. The Hall–Kier alpha value is -3.48. The topological polar surface area (TPSA) is 84.4 Å². The number of carbonyl (C=O) groups excluding carboxylic acids is 2. The Morgan fingerprint density at radius 2 is 1.66 bits per heavy atom. The summed E-state index contributed by atoms with van der Waals surface area (Å²) < 4.78 is 5.54. The molecule has 1 amide bonds. The fourth-order valence-electron chi connectivity index (χ4n) is 3.33. The van der Waals surface area contributed by atoms with Crippen LogP contribution in [0.4, 0.5) is 11.6 Å². The number of para-hydroxylation sites is 2. The molecule has 29 heavy (non-hydrogen) atoms. The highest BCUT2D eigenvalue weighted by molar-refractivity contribution is 5.95. The van der Waals surface area contributed by atoms with Gasteiger partial charge in [0.15, 0.2) is 24.0 Å². The standard InChI is InChI=1S/C22H22N4O3/c1-15(27)16-8-10-17(11-9-16)29-14-20(28)25-21-22(26-12-4-5-13-26)24-19-7-3-2-6-18(19)23-21/h2-3,6-11H,4-5,12-14H2,1H3,(H,23,25,28). The highest BCUT2D eigenvalue weighted by Crippen LogP contribution is 2.27. The molecule has 4 rings (SSSR count). The third-order valence-corrected chi connectivity index (χ3v) is 4.85. The summed E-state index contributed by atoms with van der Waals surface area (Å²) in [7, 11) is 0. The van der Waals surface area contributed by atoms with Gasteiger partial charge < -0.3 is 15.0 Å². The molecule has 1 fully saturated rings. The van der Waals surface area contributed by atoms with Crippen LogP contribution in [0.5, 0.6) is 5.75 Å². The number of nitrogens with one attached hydrogen (secondary N) is 1. The molecule has 7 heteroatoms. The molecule has 3 aromatic rings. The van der Waals surface area contributed by atoms with Crippen molar-refractivity contribution >= 4 is 34.4 Å². The van der Waals surface area contributed by atoms with Crippen LogP contribution in [0, 0.1) is 0 Å². The molecular formula is C22H22N4O3. The van der Waals surface area contributed by atoms with Gasteiger partial charge in [0.25, 0.3) is 5.91 Å². The van der Waals surface area contributed by atoms with Gasteiger partial charge in [0.1, 0.15) is 5.75 Å². The van der Waals surface area contributed by atoms with Gasteiger partial charge in [-0.15, -0.1) is 0 Å². The Morgan fingerprint density at radius 3 is 2.31 bits per heavy atom. The molecule has 2 heterocycles. The smallest absolute Gasteiger partial charge is 0.263 e. The molecule has 1 aromatic heterocycles. The minimum absolute atomic E-state index is 0.0152. The number of Topliss-reactive ketones (excluding diaryl/α,β-unsaturated/α-hetero) is 1. The van der Waals surface area contributed by atoms with Crippen molar-refractivity contribution in [3.63, 3.8) is 0 Å². The number of hydrogen-bond donors (Lipinski definition) is 1. The second-order valence-corrected chi connectivity index (χ2v) is 7.00. The van der Waals surface area contributed by atoms with E-state index >= 15 is 0 Å². The van der Waals surface area contributed by atoms with Crippen LogP contribution in [-0.4, -0.2) is 41.4 Å². The number of hydrogen-bond acceptors (Lipinski definition) is 6. The molecule has 1 aliphatic rings. The second-order valence-electron chi connectivity index (χ2n) is 7.00. The molecule has 0 radical (unpaired) electrons. The lowest BCUT2D eigenvalue weighted by Gasteiger charge is -2.20. The molecule has 0 saturated carbocycles. The van der Waals surface area contributed by atoms with Crippen molar-refractivity contribution < 1.29 is 14.3 Å². The molecule has 7 nitrogen and oxygen atoms in total. The van der Waals surface area contributed by atoms with Crippen molar-refractivity contribution in [3.8, 4) is 5.75 Å². The molecule has 0 bridgehead atoms. The first-order chi connectivity index (χ1) is 14.1. The van der Waals surface area contributed by atoms with Gasteiger partial charge in [0.05, 0.1) is 11.0 Å². The Bertz CT molecular complexity index is 1040. The average molecular weight is 390 g/mol. The molecule has 0 unspecified atom stereocenters. The highest BCUT2D eigenvalue weighted by Gasteiger charge is 2.20. The Morgan fingerprint density at radius 1 is 1.00 bits per heavy atom. The van der Waals surface area contributed by atoms with Gasteiger partial charge in [-0.05, 0) is 56.2 Å².